The van der Waals surface area contributed by atoms with Gasteiger partial charge in [-0.15, -0.1) is 0 Å². The van der Waals surface area contributed by atoms with Crippen molar-refractivity contribution in [1.29, 1.82) is 0 Å². The molecule has 1 aromatic heterocycles. The number of hydrogen-bond acceptors (Lipinski definition) is 3. The molecule has 0 bridgehead atoms. The summed E-state index contributed by atoms with van der Waals surface area (Å²) in [6, 6.07) is 0. The third-order valence-electron chi connectivity index (χ3n) is 3.15. The predicted molar refractivity (Wildman–Crippen MR) is 68.3 cm³/mol. The first kappa shape index (κ1) is 15.3. The number of ether oxygens (including phenoxy) is 1. The van der Waals surface area contributed by atoms with Gasteiger partial charge in [0.2, 0.25) is 5.82 Å². The topological polar surface area (TPSA) is 39.1 Å². The Morgan fingerprint density at radius 2 is 2.15 bits per heavy atom. The zero-order chi connectivity index (χ0) is 14.8. The molecule has 0 atom stereocenters. The second kappa shape index (κ2) is 6.13. The van der Waals surface area contributed by atoms with Crippen molar-refractivity contribution in [3.8, 4) is 0 Å². The van der Waals surface area contributed by atoms with Gasteiger partial charge in [-0.1, -0.05) is 13.8 Å². The zero-order valence-corrected chi connectivity index (χ0v) is 11.8. The Hall–Kier alpha value is -1.08. The molecule has 0 unspecified atom stereocenters. The lowest BCUT2D eigenvalue weighted by atomic mass is 10.2. The number of aromatic nitrogens is 2. The molecule has 0 saturated carbocycles. The van der Waals surface area contributed by atoms with E-state index in [-0.39, 0.29) is 13.2 Å². The molecule has 1 aliphatic heterocycles. The van der Waals surface area contributed by atoms with Gasteiger partial charge in [0.05, 0.1) is 12.3 Å². The monoisotopic (exact) mass is 291 g/mol. The maximum atomic E-state index is 13.0. The predicted octanol–water partition coefficient (Wildman–Crippen LogP) is 2.22. The van der Waals surface area contributed by atoms with Crippen molar-refractivity contribution in [2.45, 2.75) is 39.5 Å². The fraction of sp³-hybridized carbons (Fsp3) is 0.769. The van der Waals surface area contributed by atoms with Crippen molar-refractivity contribution >= 4 is 0 Å². The summed E-state index contributed by atoms with van der Waals surface area (Å²) in [4.78, 5) is 3.76. The average Bonchev–Trinajstić information content (AvgIpc) is 2.73. The van der Waals surface area contributed by atoms with Crippen molar-refractivity contribution < 1.29 is 17.9 Å². The highest BCUT2D eigenvalue weighted by Gasteiger charge is 2.39. The molecule has 20 heavy (non-hydrogen) atoms. The second-order valence-electron chi connectivity index (χ2n) is 5.37. The van der Waals surface area contributed by atoms with Crippen molar-refractivity contribution in [2.24, 2.45) is 5.92 Å². The van der Waals surface area contributed by atoms with Gasteiger partial charge in [-0.05, 0) is 5.92 Å². The van der Waals surface area contributed by atoms with Crippen LogP contribution in [0.1, 0.15) is 31.1 Å². The number of nitrogens with one attached hydrogen (secondary N) is 1. The number of imidazole rings is 1. The van der Waals surface area contributed by atoms with E-state index in [9.17, 15) is 13.2 Å². The normalized spacial score (nSPS) is 15.7. The van der Waals surface area contributed by atoms with Crippen LogP contribution in [0.5, 0.6) is 0 Å². The number of halogens is 3. The van der Waals surface area contributed by atoms with Gasteiger partial charge in [0, 0.05) is 38.4 Å². The van der Waals surface area contributed by atoms with Crippen LogP contribution in [0.4, 0.5) is 13.2 Å². The summed E-state index contributed by atoms with van der Waals surface area (Å²) in [6.07, 6.45) is -3.85. The first-order chi connectivity index (χ1) is 9.39. The average molecular weight is 291 g/mol. The molecule has 0 aromatic carbocycles. The fourth-order valence-corrected chi connectivity index (χ4v) is 2.30. The van der Waals surface area contributed by atoms with Gasteiger partial charge in [0.25, 0.3) is 0 Å². The Labute approximate surface area is 116 Å². The Kier molecular flexibility index (Phi) is 4.70. The summed E-state index contributed by atoms with van der Waals surface area (Å²) in [5.74, 6) is -0.433. The van der Waals surface area contributed by atoms with E-state index in [1.807, 2.05) is 13.8 Å². The highest BCUT2D eigenvalue weighted by molar-refractivity contribution is 5.21. The highest BCUT2D eigenvalue weighted by atomic mass is 19.4. The molecule has 1 N–H and O–H groups in total. The minimum atomic E-state index is -4.42. The molecule has 2 rings (SSSR count). The van der Waals surface area contributed by atoms with E-state index in [1.165, 1.54) is 4.57 Å². The van der Waals surface area contributed by atoms with Crippen LogP contribution >= 0.6 is 0 Å². The Balaban J connectivity index is 2.14. The van der Waals surface area contributed by atoms with E-state index in [2.05, 4.69) is 10.3 Å². The molecule has 0 fully saturated rings. The van der Waals surface area contributed by atoms with Gasteiger partial charge >= 0.3 is 6.18 Å². The molecule has 1 aliphatic rings. The Bertz CT molecular complexity index is 454. The van der Waals surface area contributed by atoms with Crippen LogP contribution in [0, 0.1) is 5.92 Å². The fourth-order valence-electron chi connectivity index (χ4n) is 2.30. The van der Waals surface area contributed by atoms with Gasteiger partial charge in [0.1, 0.15) is 0 Å². The molecule has 114 valence electrons. The van der Waals surface area contributed by atoms with Crippen molar-refractivity contribution in [2.75, 3.05) is 19.8 Å². The van der Waals surface area contributed by atoms with Crippen LogP contribution in [0.2, 0.25) is 0 Å². The van der Waals surface area contributed by atoms with Crippen LogP contribution in [0.15, 0.2) is 0 Å². The van der Waals surface area contributed by atoms with Gasteiger partial charge in [-0.3, -0.25) is 0 Å². The van der Waals surface area contributed by atoms with Gasteiger partial charge in [0.15, 0.2) is 0 Å². The Morgan fingerprint density at radius 3 is 2.80 bits per heavy atom. The first-order valence-electron chi connectivity index (χ1n) is 6.83. The lowest BCUT2D eigenvalue weighted by molar-refractivity contribution is -0.147. The van der Waals surface area contributed by atoms with E-state index in [0.29, 0.717) is 43.4 Å². The van der Waals surface area contributed by atoms with E-state index in [0.717, 1.165) is 0 Å². The zero-order valence-electron chi connectivity index (χ0n) is 11.8. The molecule has 2 heterocycles. The highest BCUT2D eigenvalue weighted by Crippen LogP contribution is 2.31. The minimum absolute atomic E-state index is 0.198. The summed E-state index contributed by atoms with van der Waals surface area (Å²) in [7, 11) is 0. The van der Waals surface area contributed by atoms with Crippen LogP contribution in [-0.4, -0.2) is 29.3 Å². The first-order valence-corrected chi connectivity index (χ1v) is 6.83. The number of fused-ring (bicyclic) bond motifs is 1. The number of rotatable bonds is 5. The van der Waals surface area contributed by atoms with Crippen LogP contribution < -0.4 is 5.32 Å². The molecule has 1 aromatic rings. The van der Waals surface area contributed by atoms with E-state index >= 15 is 0 Å². The summed E-state index contributed by atoms with van der Waals surface area (Å²) < 4.78 is 45.8. The lowest BCUT2D eigenvalue weighted by Gasteiger charge is -2.17. The molecular formula is C13H20F3N3O. The van der Waals surface area contributed by atoms with E-state index in [1.54, 1.807) is 0 Å². The van der Waals surface area contributed by atoms with Gasteiger partial charge in [-0.25, -0.2) is 4.98 Å². The Morgan fingerprint density at radius 1 is 1.40 bits per heavy atom. The summed E-state index contributed by atoms with van der Waals surface area (Å²) >= 11 is 0. The molecule has 0 radical (unpaired) electrons. The van der Waals surface area contributed by atoms with E-state index < -0.39 is 12.0 Å². The number of nitrogens with zero attached hydrogens (tertiary/aromatic N) is 2. The third-order valence-corrected chi connectivity index (χ3v) is 3.15. The molecule has 0 spiro atoms. The van der Waals surface area contributed by atoms with Crippen molar-refractivity contribution in [3.05, 3.63) is 17.2 Å². The van der Waals surface area contributed by atoms with Gasteiger partial charge < -0.3 is 14.6 Å². The molecule has 7 heteroatoms. The van der Waals surface area contributed by atoms with Crippen molar-refractivity contribution in [3.63, 3.8) is 0 Å². The quantitative estimate of drug-likeness (QED) is 0.846. The maximum Gasteiger partial charge on any atom is 0.449 e. The summed E-state index contributed by atoms with van der Waals surface area (Å²) in [5.41, 5.74) is 1.19. The van der Waals surface area contributed by atoms with Crippen LogP contribution in [0.3, 0.4) is 0 Å². The molecule has 0 amide bonds. The standard InChI is InChI=1S/C13H20F3N3O/c1-9(2)8-20-6-5-19-11-3-4-17-7-10(11)18-12(19)13(14,15)16/h9,17H,3-8H2,1-2H3. The SMILES string of the molecule is CC(C)COCCn1c(C(F)(F)F)nc2c1CCNC2. The van der Waals surface area contributed by atoms with Crippen LogP contribution in [-0.2, 0) is 30.4 Å². The summed E-state index contributed by atoms with van der Waals surface area (Å²) in [5, 5.41) is 3.04. The minimum Gasteiger partial charge on any atom is -0.379 e. The second-order valence-corrected chi connectivity index (χ2v) is 5.37. The van der Waals surface area contributed by atoms with E-state index in [4.69, 9.17) is 4.74 Å². The molecule has 4 nitrogen and oxygen atoms in total. The third kappa shape index (κ3) is 3.52. The van der Waals surface area contributed by atoms with Gasteiger partial charge in [-0.2, -0.15) is 13.2 Å². The molecule has 0 aliphatic carbocycles. The van der Waals surface area contributed by atoms with Crippen LogP contribution in [0.25, 0.3) is 0 Å². The smallest absolute Gasteiger partial charge is 0.379 e. The maximum absolute atomic E-state index is 13.0. The molecule has 0 saturated heterocycles. The van der Waals surface area contributed by atoms with Crippen molar-refractivity contribution in [1.82, 2.24) is 14.9 Å². The molecular weight excluding hydrogens is 271 g/mol. The number of hydrogen-bond donors (Lipinski definition) is 1. The number of alkyl halides is 3. The largest absolute Gasteiger partial charge is 0.449 e. The summed E-state index contributed by atoms with van der Waals surface area (Å²) in [6.45, 7) is 6.13. The lowest BCUT2D eigenvalue weighted by Crippen LogP contribution is -2.26.